The molecule has 0 N–H and O–H groups in total. The van der Waals surface area contributed by atoms with Gasteiger partial charge in [0.15, 0.2) is 0 Å². The first-order valence-corrected chi connectivity index (χ1v) is 10.7. The lowest BCUT2D eigenvalue weighted by Crippen LogP contribution is -2.50. The Morgan fingerprint density at radius 1 is 1.07 bits per heavy atom. The van der Waals surface area contributed by atoms with Gasteiger partial charge in [0.05, 0.1) is 12.5 Å². The SMILES string of the molecule is CN(C)C(=O)N(CCN1CCCCC1)C1CCN(C(=O)Cc2ccc(F)cc2)C1. The summed E-state index contributed by atoms with van der Waals surface area (Å²) < 4.78 is 13.1. The maximum Gasteiger partial charge on any atom is 0.319 e. The molecule has 2 heterocycles. The van der Waals surface area contributed by atoms with Crippen LogP contribution in [0.4, 0.5) is 9.18 Å². The summed E-state index contributed by atoms with van der Waals surface area (Å²) in [6.45, 7) is 5.03. The average Bonchev–Trinajstić information content (AvgIpc) is 3.20. The van der Waals surface area contributed by atoms with Gasteiger partial charge in [0.1, 0.15) is 5.82 Å². The van der Waals surface area contributed by atoms with E-state index in [0.717, 1.165) is 31.6 Å². The highest BCUT2D eigenvalue weighted by Crippen LogP contribution is 2.19. The van der Waals surface area contributed by atoms with Gasteiger partial charge in [-0.2, -0.15) is 0 Å². The standard InChI is InChI=1S/C22H33FN4O2/c1-24(2)22(29)27(15-14-25-11-4-3-5-12-25)20-10-13-26(17-20)21(28)16-18-6-8-19(23)9-7-18/h6-9,20H,3-5,10-17H2,1-2H3. The number of amides is 3. The fourth-order valence-electron chi connectivity index (χ4n) is 4.23. The number of urea groups is 1. The van der Waals surface area contributed by atoms with E-state index < -0.39 is 0 Å². The molecule has 0 spiro atoms. The fourth-order valence-corrected chi connectivity index (χ4v) is 4.23. The summed E-state index contributed by atoms with van der Waals surface area (Å²) in [5.74, 6) is -0.263. The molecule has 1 unspecified atom stereocenters. The Labute approximate surface area is 173 Å². The van der Waals surface area contributed by atoms with Gasteiger partial charge < -0.3 is 19.6 Å². The Morgan fingerprint density at radius 3 is 2.41 bits per heavy atom. The highest BCUT2D eigenvalue weighted by molar-refractivity contribution is 5.79. The van der Waals surface area contributed by atoms with Crippen LogP contribution >= 0.6 is 0 Å². The Balaban J connectivity index is 1.57. The van der Waals surface area contributed by atoms with E-state index in [2.05, 4.69) is 4.90 Å². The van der Waals surface area contributed by atoms with Gasteiger partial charge in [-0.1, -0.05) is 18.6 Å². The molecule has 2 fully saturated rings. The van der Waals surface area contributed by atoms with Gasteiger partial charge in [0.2, 0.25) is 5.91 Å². The zero-order chi connectivity index (χ0) is 20.8. The number of benzene rings is 1. The van der Waals surface area contributed by atoms with Crippen LogP contribution in [0.1, 0.15) is 31.2 Å². The summed E-state index contributed by atoms with van der Waals surface area (Å²) in [5, 5.41) is 0. The molecule has 0 aliphatic carbocycles. The van der Waals surface area contributed by atoms with Gasteiger partial charge in [-0.25, -0.2) is 9.18 Å². The van der Waals surface area contributed by atoms with Crippen LogP contribution < -0.4 is 0 Å². The van der Waals surface area contributed by atoms with Gasteiger partial charge in [-0.3, -0.25) is 4.79 Å². The van der Waals surface area contributed by atoms with Gasteiger partial charge >= 0.3 is 6.03 Å². The van der Waals surface area contributed by atoms with E-state index in [0.29, 0.717) is 19.6 Å². The van der Waals surface area contributed by atoms with Gasteiger partial charge in [-0.05, 0) is 50.0 Å². The Kier molecular flexibility index (Phi) is 7.47. The lowest BCUT2D eigenvalue weighted by atomic mass is 10.1. The van der Waals surface area contributed by atoms with Crippen LogP contribution in [0.25, 0.3) is 0 Å². The average molecular weight is 405 g/mol. The molecule has 2 aliphatic heterocycles. The minimum absolute atomic E-state index is 0.0137. The highest BCUT2D eigenvalue weighted by atomic mass is 19.1. The quantitative estimate of drug-likeness (QED) is 0.732. The first kappa shape index (κ1) is 21.6. The third-order valence-electron chi connectivity index (χ3n) is 5.96. The van der Waals surface area contributed by atoms with Gasteiger partial charge in [0, 0.05) is 40.3 Å². The van der Waals surface area contributed by atoms with E-state index >= 15 is 0 Å². The second-order valence-corrected chi connectivity index (χ2v) is 8.36. The third kappa shape index (κ3) is 5.92. The number of likely N-dealkylation sites (tertiary alicyclic amines) is 2. The van der Waals surface area contributed by atoms with Crippen molar-refractivity contribution in [3.8, 4) is 0 Å². The van der Waals surface area contributed by atoms with Gasteiger partial charge in [-0.15, -0.1) is 0 Å². The van der Waals surface area contributed by atoms with E-state index in [9.17, 15) is 14.0 Å². The van der Waals surface area contributed by atoms with Crippen molar-refractivity contribution in [2.45, 2.75) is 38.1 Å². The number of carbonyl (C=O) groups excluding carboxylic acids is 2. The molecular formula is C22H33FN4O2. The highest BCUT2D eigenvalue weighted by Gasteiger charge is 2.33. The number of halogens is 1. The Bertz CT molecular complexity index is 689. The predicted octanol–water partition coefficient (Wildman–Crippen LogP) is 2.44. The van der Waals surface area contributed by atoms with Crippen molar-refractivity contribution in [1.82, 2.24) is 19.6 Å². The number of nitrogens with zero attached hydrogens (tertiary/aromatic N) is 4. The lowest BCUT2D eigenvalue weighted by Gasteiger charge is -2.34. The maximum absolute atomic E-state index is 13.1. The molecule has 1 aromatic carbocycles. The molecule has 3 rings (SSSR count). The molecule has 29 heavy (non-hydrogen) atoms. The largest absolute Gasteiger partial charge is 0.340 e. The Hall–Kier alpha value is -2.15. The number of rotatable bonds is 6. The van der Waals surface area contributed by atoms with Crippen LogP contribution in [0.2, 0.25) is 0 Å². The van der Waals surface area contributed by atoms with Crippen molar-refractivity contribution in [2.24, 2.45) is 0 Å². The fraction of sp³-hybridized carbons (Fsp3) is 0.636. The molecular weight excluding hydrogens is 371 g/mol. The zero-order valence-corrected chi connectivity index (χ0v) is 17.6. The van der Waals surface area contributed by atoms with E-state index in [-0.39, 0.29) is 30.2 Å². The molecule has 1 aromatic rings. The Morgan fingerprint density at radius 2 is 1.76 bits per heavy atom. The van der Waals surface area contributed by atoms with Crippen molar-refractivity contribution < 1.29 is 14.0 Å². The molecule has 0 radical (unpaired) electrons. The summed E-state index contributed by atoms with van der Waals surface area (Å²) in [7, 11) is 3.56. The molecule has 0 bridgehead atoms. The van der Waals surface area contributed by atoms with Crippen LogP contribution in [0, 0.1) is 5.82 Å². The predicted molar refractivity (Wildman–Crippen MR) is 111 cm³/mol. The molecule has 2 aliphatic rings. The van der Waals surface area contributed by atoms with Crippen molar-refractivity contribution in [3.05, 3.63) is 35.6 Å². The van der Waals surface area contributed by atoms with E-state index in [4.69, 9.17) is 0 Å². The van der Waals surface area contributed by atoms with E-state index in [1.807, 2.05) is 9.80 Å². The monoisotopic (exact) mass is 404 g/mol. The second kappa shape index (κ2) is 10.1. The van der Waals surface area contributed by atoms with Crippen LogP contribution in [0.3, 0.4) is 0 Å². The summed E-state index contributed by atoms with van der Waals surface area (Å²) in [6, 6.07) is 6.13. The minimum atomic E-state index is -0.297. The maximum atomic E-state index is 13.1. The van der Waals surface area contributed by atoms with Gasteiger partial charge in [0.25, 0.3) is 0 Å². The van der Waals surface area contributed by atoms with Crippen molar-refractivity contribution >= 4 is 11.9 Å². The third-order valence-corrected chi connectivity index (χ3v) is 5.96. The molecule has 0 aromatic heterocycles. The van der Waals surface area contributed by atoms with Crippen LogP contribution in [0.15, 0.2) is 24.3 Å². The van der Waals surface area contributed by atoms with Crippen molar-refractivity contribution in [3.63, 3.8) is 0 Å². The normalized spacial score (nSPS) is 20.0. The van der Waals surface area contributed by atoms with E-state index in [1.165, 1.54) is 31.4 Å². The first-order valence-electron chi connectivity index (χ1n) is 10.7. The zero-order valence-electron chi connectivity index (χ0n) is 17.6. The summed E-state index contributed by atoms with van der Waals surface area (Å²) in [6.07, 6.45) is 4.83. The molecule has 1 atom stereocenters. The van der Waals surface area contributed by atoms with Crippen LogP contribution in [-0.4, -0.2) is 90.9 Å². The first-order chi connectivity index (χ1) is 13.9. The number of hydrogen-bond acceptors (Lipinski definition) is 3. The summed E-state index contributed by atoms with van der Waals surface area (Å²) in [5.41, 5.74) is 0.811. The smallest absolute Gasteiger partial charge is 0.319 e. The molecule has 2 saturated heterocycles. The molecule has 3 amide bonds. The molecule has 7 heteroatoms. The minimum Gasteiger partial charge on any atom is -0.340 e. The van der Waals surface area contributed by atoms with Crippen molar-refractivity contribution in [2.75, 3.05) is 53.4 Å². The summed E-state index contributed by atoms with van der Waals surface area (Å²) >= 11 is 0. The van der Waals surface area contributed by atoms with E-state index in [1.54, 1.807) is 31.1 Å². The topological polar surface area (TPSA) is 47.1 Å². The second-order valence-electron chi connectivity index (χ2n) is 8.36. The molecule has 6 nitrogen and oxygen atoms in total. The molecule has 160 valence electrons. The number of hydrogen-bond donors (Lipinski definition) is 0. The summed E-state index contributed by atoms with van der Waals surface area (Å²) in [4.78, 5) is 33.3. The van der Waals surface area contributed by atoms with Crippen LogP contribution in [0.5, 0.6) is 0 Å². The number of piperidine rings is 1. The van der Waals surface area contributed by atoms with Crippen LogP contribution in [-0.2, 0) is 11.2 Å². The lowest BCUT2D eigenvalue weighted by molar-refractivity contribution is -0.129. The number of carbonyl (C=O) groups is 2. The molecule has 0 saturated carbocycles. The van der Waals surface area contributed by atoms with Crippen molar-refractivity contribution in [1.29, 1.82) is 0 Å².